The van der Waals surface area contributed by atoms with E-state index in [9.17, 15) is 9.59 Å². The summed E-state index contributed by atoms with van der Waals surface area (Å²) in [6.07, 6.45) is 0. The topological polar surface area (TPSA) is 85.5 Å². The molecule has 1 aliphatic heterocycles. The normalized spacial score (nSPS) is 15.8. The quantitative estimate of drug-likeness (QED) is 0.532. The van der Waals surface area contributed by atoms with Crippen LogP contribution < -0.4 is 15.1 Å². The Morgan fingerprint density at radius 3 is 2.61 bits per heavy atom. The molecule has 0 aliphatic carbocycles. The van der Waals surface area contributed by atoms with Crippen molar-refractivity contribution in [3.05, 3.63) is 81.2 Å². The third-order valence-corrected chi connectivity index (χ3v) is 5.45. The van der Waals surface area contributed by atoms with Gasteiger partial charge in [-0.3, -0.25) is 14.5 Å². The number of hydrogen-bond acceptors (Lipinski definition) is 7. The van der Waals surface area contributed by atoms with Crippen LogP contribution in [0.25, 0.3) is 11.0 Å². The second-order valence-electron chi connectivity index (χ2n) is 6.24. The Kier molecular flexibility index (Phi) is 3.73. The molecule has 138 valence electrons. The summed E-state index contributed by atoms with van der Waals surface area (Å²) in [6.45, 7) is 0. The molecule has 7 nitrogen and oxygen atoms in total. The number of ether oxygens (including phenoxy) is 1. The van der Waals surface area contributed by atoms with Crippen LogP contribution in [-0.4, -0.2) is 23.2 Å². The molecule has 4 aromatic rings. The predicted octanol–water partition coefficient (Wildman–Crippen LogP) is 3.40. The van der Waals surface area contributed by atoms with Crippen LogP contribution in [-0.2, 0) is 0 Å². The first-order chi connectivity index (χ1) is 13.7. The van der Waals surface area contributed by atoms with Crippen molar-refractivity contribution < 1.29 is 13.9 Å². The number of amides is 1. The minimum absolute atomic E-state index is 0.0414. The molecule has 5 rings (SSSR count). The summed E-state index contributed by atoms with van der Waals surface area (Å²) in [5, 5.41) is 8.73. The van der Waals surface area contributed by atoms with Crippen molar-refractivity contribution in [1.82, 2.24) is 10.2 Å². The van der Waals surface area contributed by atoms with Gasteiger partial charge in [0.1, 0.15) is 16.8 Å². The van der Waals surface area contributed by atoms with Crippen molar-refractivity contribution in [2.75, 3.05) is 12.0 Å². The smallest absolute Gasteiger partial charge is 0.297 e. The first-order valence-corrected chi connectivity index (χ1v) is 9.36. The van der Waals surface area contributed by atoms with Crippen LogP contribution in [0.5, 0.6) is 5.75 Å². The van der Waals surface area contributed by atoms with E-state index in [1.54, 1.807) is 49.0 Å². The highest BCUT2D eigenvalue weighted by atomic mass is 32.1. The standard InChI is InChI=1S/C20H13N3O4S/c1-26-12-8-6-11(7-9-12)16-15-17(24)13-4-2-3-5-14(13)27-18(15)19(25)23(16)20-22-21-10-28-20/h2-10,16H,1H3/t16-/m1/s1. The molecule has 2 aromatic heterocycles. The summed E-state index contributed by atoms with van der Waals surface area (Å²) in [6, 6.07) is 13.5. The highest BCUT2D eigenvalue weighted by Gasteiger charge is 2.44. The van der Waals surface area contributed by atoms with Crippen LogP contribution in [0.4, 0.5) is 5.13 Å². The average molecular weight is 391 g/mol. The average Bonchev–Trinajstić information content (AvgIpc) is 3.35. The second-order valence-corrected chi connectivity index (χ2v) is 7.05. The number of carbonyl (C=O) groups is 1. The lowest BCUT2D eigenvalue weighted by molar-refractivity contribution is 0.0970. The number of carbonyl (C=O) groups excluding carboxylic acids is 1. The fraction of sp³-hybridized carbons (Fsp3) is 0.100. The van der Waals surface area contributed by atoms with Crippen molar-refractivity contribution in [3.63, 3.8) is 0 Å². The van der Waals surface area contributed by atoms with Crippen LogP contribution in [0, 0.1) is 0 Å². The first-order valence-electron chi connectivity index (χ1n) is 8.48. The van der Waals surface area contributed by atoms with Gasteiger partial charge in [0.2, 0.25) is 10.9 Å². The summed E-state index contributed by atoms with van der Waals surface area (Å²) in [4.78, 5) is 28.0. The summed E-state index contributed by atoms with van der Waals surface area (Å²) >= 11 is 1.23. The molecule has 0 saturated carbocycles. The third kappa shape index (κ3) is 2.35. The van der Waals surface area contributed by atoms with Crippen LogP contribution in [0.2, 0.25) is 0 Å². The van der Waals surface area contributed by atoms with E-state index >= 15 is 0 Å². The largest absolute Gasteiger partial charge is 0.497 e. The molecular weight excluding hydrogens is 378 g/mol. The van der Waals surface area contributed by atoms with Crippen molar-refractivity contribution >= 4 is 33.3 Å². The third-order valence-electron chi connectivity index (χ3n) is 4.76. The van der Waals surface area contributed by atoms with E-state index in [-0.39, 0.29) is 11.2 Å². The van der Waals surface area contributed by atoms with E-state index in [4.69, 9.17) is 9.15 Å². The van der Waals surface area contributed by atoms with Crippen molar-refractivity contribution in [2.24, 2.45) is 0 Å². The molecule has 0 fully saturated rings. The molecule has 3 heterocycles. The zero-order chi connectivity index (χ0) is 19.3. The highest BCUT2D eigenvalue weighted by Crippen LogP contribution is 2.41. The number of aromatic nitrogens is 2. The van der Waals surface area contributed by atoms with Gasteiger partial charge in [0.05, 0.1) is 24.1 Å². The maximum absolute atomic E-state index is 13.3. The van der Waals surface area contributed by atoms with Gasteiger partial charge < -0.3 is 9.15 Å². The van der Waals surface area contributed by atoms with Crippen LogP contribution in [0.3, 0.4) is 0 Å². The number of benzene rings is 2. The lowest BCUT2D eigenvalue weighted by Crippen LogP contribution is -2.29. The number of nitrogens with zero attached hydrogens (tertiary/aromatic N) is 3. The van der Waals surface area contributed by atoms with E-state index in [2.05, 4.69) is 10.2 Å². The van der Waals surface area contributed by atoms with Gasteiger partial charge in [0.25, 0.3) is 5.91 Å². The Morgan fingerprint density at radius 2 is 1.89 bits per heavy atom. The summed E-state index contributed by atoms with van der Waals surface area (Å²) in [7, 11) is 1.58. The van der Waals surface area contributed by atoms with Crippen LogP contribution >= 0.6 is 11.3 Å². The van der Waals surface area contributed by atoms with Gasteiger partial charge in [-0.1, -0.05) is 35.6 Å². The number of anilines is 1. The maximum Gasteiger partial charge on any atom is 0.297 e. The molecule has 0 spiro atoms. The van der Waals surface area contributed by atoms with E-state index in [0.29, 0.717) is 27.4 Å². The highest BCUT2D eigenvalue weighted by molar-refractivity contribution is 7.13. The molecule has 2 aromatic carbocycles. The van der Waals surface area contributed by atoms with E-state index in [0.717, 1.165) is 5.56 Å². The van der Waals surface area contributed by atoms with Crippen molar-refractivity contribution in [3.8, 4) is 5.75 Å². The monoisotopic (exact) mass is 391 g/mol. The maximum atomic E-state index is 13.3. The van der Waals surface area contributed by atoms with Gasteiger partial charge >= 0.3 is 0 Å². The Labute approximate surface area is 162 Å². The van der Waals surface area contributed by atoms with E-state index in [1.807, 2.05) is 12.1 Å². The minimum atomic E-state index is -0.651. The predicted molar refractivity (Wildman–Crippen MR) is 104 cm³/mol. The van der Waals surface area contributed by atoms with Crippen LogP contribution in [0.1, 0.15) is 27.7 Å². The zero-order valence-electron chi connectivity index (χ0n) is 14.7. The van der Waals surface area contributed by atoms with Crippen molar-refractivity contribution in [2.45, 2.75) is 6.04 Å². The molecule has 0 radical (unpaired) electrons. The van der Waals surface area contributed by atoms with E-state index in [1.165, 1.54) is 16.2 Å². The fourth-order valence-electron chi connectivity index (χ4n) is 3.49. The Hall–Kier alpha value is -3.52. The molecule has 0 unspecified atom stereocenters. The molecule has 1 amide bonds. The van der Waals surface area contributed by atoms with Gasteiger partial charge in [0, 0.05) is 0 Å². The molecular formula is C20H13N3O4S. The fourth-order valence-corrected chi connectivity index (χ4v) is 4.08. The van der Waals surface area contributed by atoms with Gasteiger partial charge in [-0.25, -0.2) is 0 Å². The van der Waals surface area contributed by atoms with Gasteiger partial charge in [-0.05, 0) is 29.8 Å². The lowest BCUT2D eigenvalue weighted by Gasteiger charge is -2.22. The molecule has 0 bridgehead atoms. The molecule has 0 N–H and O–H groups in total. The Balaban J connectivity index is 1.80. The SMILES string of the molecule is COc1ccc([C@@H]2c3c(oc4ccccc4c3=O)C(=O)N2c2nncs2)cc1. The van der Waals surface area contributed by atoms with Gasteiger partial charge in [-0.2, -0.15) is 0 Å². The van der Waals surface area contributed by atoms with Crippen LogP contribution in [0.15, 0.2) is 63.3 Å². The molecule has 1 atom stereocenters. The minimum Gasteiger partial charge on any atom is -0.497 e. The number of fused-ring (bicyclic) bond motifs is 2. The lowest BCUT2D eigenvalue weighted by atomic mass is 9.98. The molecule has 28 heavy (non-hydrogen) atoms. The second kappa shape index (κ2) is 6.28. The zero-order valence-corrected chi connectivity index (χ0v) is 15.5. The molecule has 1 aliphatic rings. The van der Waals surface area contributed by atoms with Gasteiger partial charge in [0.15, 0.2) is 5.43 Å². The van der Waals surface area contributed by atoms with E-state index < -0.39 is 11.9 Å². The number of hydrogen-bond donors (Lipinski definition) is 0. The number of para-hydroxylation sites is 1. The summed E-state index contributed by atoms with van der Waals surface area (Å²) in [5.74, 6) is 0.316. The Morgan fingerprint density at radius 1 is 1.11 bits per heavy atom. The Bertz CT molecular complexity index is 1250. The number of rotatable bonds is 3. The summed E-state index contributed by atoms with van der Waals surface area (Å²) in [5.41, 5.74) is 2.77. The van der Waals surface area contributed by atoms with Crippen molar-refractivity contribution in [1.29, 1.82) is 0 Å². The first kappa shape index (κ1) is 16.6. The molecule has 8 heteroatoms. The molecule has 0 saturated heterocycles. The van der Waals surface area contributed by atoms with Gasteiger partial charge in [-0.15, -0.1) is 10.2 Å². The number of methoxy groups -OCH3 is 1. The summed E-state index contributed by atoms with van der Waals surface area (Å²) < 4.78 is 11.1.